The van der Waals surface area contributed by atoms with E-state index in [0.29, 0.717) is 24.0 Å². The van der Waals surface area contributed by atoms with Gasteiger partial charge in [0, 0.05) is 0 Å². The first-order valence-corrected chi connectivity index (χ1v) is 8.23. The number of benzene rings is 2. The Morgan fingerprint density at radius 1 is 0.864 bits per heavy atom. The van der Waals surface area contributed by atoms with Gasteiger partial charge >= 0.3 is 0 Å². The highest BCUT2D eigenvalue weighted by Crippen LogP contribution is 2.33. The summed E-state index contributed by atoms with van der Waals surface area (Å²) in [6.45, 7) is 0.225. The van der Waals surface area contributed by atoms with Crippen LogP contribution in [-0.2, 0) is 13.0 Å². The van der Waals surface area contributed by atoms with Crippen molar-refractivity contribution in [3.05, 3.63) is 74.8 Å². The summed E-state index contributed by atoms with van der Waals surface area (Å²) >= 11 is 6.90. The second-order valence-electron chi connectivity index (χ2n) is 4.59. The lowest BCUT2D eigenvalue weighted by Crippen LogP contribution is -1.97. The molecule has 0 amide bonds. The van der Waals surface area contributed by atoms with Gasteiger partial charge in [-0.3, -0.25) is 0 Å². The Hall–Kier alpha value is -1.66. The predicted molar refractivity (Wildman–Crippen MR) is 89.7 cm³/mol. The van der Waals surface area contributed by atoms with Crippen molar-refractivity contribution in [2.24, 2.45) is 0 Å². The number of nitrogens with zero attached hydrogens (tertiary/aromatic N) is 2. The van der Waals surface area contributed by atoms with Crippen molar-refractivity contribution in [2.75, 3.05) is 0 Å². The maximum atomic E-state index is 5.73. The smallest absolute Gasteiger partial charge is 0.253 e. The molecule has 0 unspecified atom stereocenters. The molecular formula is C16H12Br2N2O2. The van der Waals surface area contributed by atoms with Gasteiger partial charge in [-0.25, -0.2) is 0 Å². The minimum atomic E-state index is 0.225. The second kappa shape index (κ2) is 7.07. The van der Waals surface area contributed by atoms with Gasteiger partial charge in [-0.15, -0.1) is 10.2 Å². The SMILES string of the molecule is Brc1cccc(Br)c1OCc1nnc(Cc2ccccc2)o1. The van der Waals surface area contributed by atoms with E-state index in [1.54, 1.807) is 0 Å². The Morgan fingerprint density at radius 3 is 2.27 bits per heavy atom. The molecule has 112 valence electrons. The largest absolute Gasteiger partial charge is 0.481 e. The quantitative estimate of drug-likeness (QED) is 0.593. The minimum absolute atomic E-state index is 0.225. The van der Waals surface area contributed by atoms with Gasteiger partial charge < -0.3 is 9.15 Å². The van der Waals surface area contributed by atoms with Gasteiger partial charge in [-0.1, -0.05) is 36.4 Å². The van der Waals surface area contributed by atoms with E-state index in [0.717, 1.165) is 14.5 Å². The van der Waals surface area contributed by atoms with E-state index in [1.165, 1.54) is 0 Å². The van der Waals surface area contributed by atoms with Gasteiger partial charge in [-0.2, -0.15) is 0 Å². The van der Waals surface area contributed by atoms with E-state index in [1.807, 2.05) is 48.5 Å². The molecular weight excluding hydrogens is 412 g/mol. The van der Waals surface area contributed by atoms with Crippen LogP contribution in [0.5, 0.6) is 5.75 Å². The van der Waals surface area contributed by atoms with Crippen LogP contribution in [-0.4, -0.2) is 10.2 Å². The zero-order chi connectivity index (χ0) is 15.4. The molecule has 1 aromatic heterocycles. The van der Waals surface area contributed by atoms with Crippen LogP contribution < -0.4 is 4.74 Å². The van der Waals surface area contributed by atoms with Crippen LogP contribution >= 0.6 is 31.9 Å². The van der Waals surface area contributed by atoms with E-state index in [2.05, 4.69) is 42.1 Å². The Morgan fingerprint density at radius 2 is 1.55 bits per heavy atom. The van der Waals surface area contributed by atoms with Crippen LogP contribution in [0, 0.1) is 0 Å². The molecule has 2 aromatic carbocycles. The predicted octanol–water partition coefficient (Wildman–Crippen LogP) is 4.76. The van der Waals surface area contributed by atoms with Crippen molar-refractivity contribution in [3.8, 4) is 5.75 Å². The van der Waals surface area contributed by atoms with E-state index < -0.39 is 0 Å². The van der Waals surface area contributed by atoms with Crippen molar-refractivity contribution in [1.82, 2.24) is 10.2 Å². The zero-order valence-corrected chi connectivity index (χ0v) is 14.7. The summed E-state index contributed by atoms with van der Waals surface area (Å²) in [5.41, 5.74) is 1.13. The number of ether oxygens (including phenoxy) is 1. The zero-order valence-electron chi connectivity index (χ0n) is 11.5. The fourth-order valence-corrected chi connectivity index (χ4v) is 3.17. The van der Waals surface area contributed by atoms with E-state index in [-0.39, 0.29) is 6.61 Å². The summed E-state index contributed by atoms with van der Waals surface area (Å²) in [6, 6.07) is 15.7. The molecule has 3 aromatic rings. The first-order chi connectivity index (χ1) is 10.7. The third-order valence-corrected chi connectivity index (χ3v) is 4.21. The first-order valence-electron chi connectivity index (χ1n) is 6.64. The van der Waals surface area contributed by atoms with Crippen molar-refractivity contribution in [2.45, 2.75) is 13.0 Å². The van der Waals surface area contributed by atoms with Crippen molar-refractivity contribution in [3.63, 3.8) is 0 Å². The number of hydrogen-bond acceptors (Lipinski definition) is 4. The molecule has 0 N–H and O–H groups in total. The summed E-state index contributed by atoms with van der Waals surface area (Å²) in [5, 5.41) is 8.06. The molecule has 0 aliphatic carbocycles. The van der Waals surface area contributed by atoms with Crippen LogP contribution in [0.15, 0.2) is 61.9 Å². The minimum Gasteiger partial charge on any atom is -0.481 e. The summed E-state index contributed by atoms with van der Waals surface area (Å²) in [7, 11) is 0. The lowest BCUT2D eigenvalue weighted by molar-refractivity contribution is 0.256. The van der Waals surface area contributed by atoms with E-state index in [9.17, 15) is 0 Å². The van der Waals surface area contributed by atoms with Crippen molar-refractivity contribution < 1.29 is 9.15 Å². The maximum Gasteiger partial charge on any atom is 0.253 e. The molecule has 6 heteroatoms. The third-order valence-electron chi connectivity index (χ3n) is 2.97. The molecule has 0 aliphatic heterocycles. The van der Waals surface area contributed by atoms with Crippen LogP contribution in [0.25, 0.3) is 0 Å². The van der Waals surface area contributed by atoms with Gasteiger partial charge in [0.1, 0.15) is 5.75 Å². The molecule has 0 aliphatic rings. The average molecular weight is 424 g/mol. The monoisotopic (exact) mass is 422 g/mol. The Kier molecular flexibility index (Phi) is 4.90. The first kappa shape index (κ1) is 15.2. The summed E-state index contributed by atoms with van der Waals surface area (Å²) < 4.78 is 13.1. The van der Waals surface area contributed by atoms with Crippen molar-refractivity contribution >= 4 is 31.9 Å². The molecule has 0 saturated carbocycles. The number of aromatic nitrogens is 2. The highest BCUT2D eigenvalue weighted by atomic mass is 79.9. The van der Waals surface area contributed by atoms with Crippen molar-refractivity contribution in [1.29, 1.82) is 0 Å². The topological polar surface area (TPSA) is 48.2 Å². The molecule has 0 radical (unpaired) electrons. The van der Waals surface area contributed by atoms with Crippen LogP contribution in [0.3, 0.4) is 0 Å². The van der Waals surface area contributed by atoms with Gasteiger partial charge in [0.25, 0.3) is 5.89 Å². The van der Waals surface area contributed by atoms with Crippen LogP contribution in [0.1, 0.15) is 17.3 Å². The average Bonchev–Trinajstić information content (AvgIpc) is 2.95. The summed E-state index contributed by atoms with van der Waals surface area (Å²) in [5.74, 6) is 1.75. The van der Waals surface area contributed by atoms with Crippen LogP contribution in [0.2, 0.25) is 0 Å². The molecule has 3 rings (SSSR count). The number of para-hydroxylation sites is 1. The number of halogens is 2. The lowest BCUT2D eigenvalue weighted by Gasteiger charge is -2.07. The normalized spacial score (nSPS) is 10.6. The fraction of sp³-hybridized carbons (Fsp3) is 0.125. The lowest BCUT2D eigenvalue weighted by atomic mass is 10.2. The molecule has 0 atom stereocenters. The highest BCUT2D eigenvalue weighted by Gasteiger charge is 2.10. The Bertz CT molecular complexity index is 740. The Labute approximate surface area is 144 Å². The summed E-state index contributed by atoms with van der Waals surface area (Å²) in [6.07, 6.45) is 0.618. The standard InChI is InChI=1S/C16H12Br2N2O2/c17-12-7-4-8-13(18)16(12)21-10-15-20-19-14(22-15)9-11-5-2-1-3-6-11/h1-8H,9-10H2. The Balaban J connectivity index is 1.65. The molecule has 1 heterocycles. The summed E-state index contributed by atoms with van der Waals surface area (Å²) in [4.78, 5) is 0. The molecule has 0 bridgehead atoms. The van der Waals surface area contributed by atoms with Crippen LogP contribution in [0.4, 0.5) is 0 Å². The van der Waals surface area contributed by atoms with E-state index >= 15 is 0 Å². The fourth-order valence-electron chi connectivity index (χ4n) is 1.94. The molecule has 4 nitrogen and oxygen atoms in total. The van der Waals surface area contributed by atoms with E-state index in [4.69, 9.17) is 9.15 Å². The molecule has 0 saturated heterocycles. The van der Waals surface area contributed by atoms with Gasteiger partial charge in [0.2, 0.25) is 5.89 Å². The highest BCUT2D eigenvalue weighted by molar-refractivity contribution is 9.11. The molecule has 22 heavy (non-hydrogen) atoms. The van der Waals surface area contributed by atoms with Gasteiger partial charge in [-0.05, 0) is 49.6 Å². The third kappa shape index (κ3) is 3.75. The molecule has 0 fully saturated rings. The molecule has 0 spiro atoms. The number of hydrogen-bond donors (Lipinski definition) is 0. The number of rotatable bonds is 5. The second-order valence-corrected chi connectivity index (χ2v) is 6.30. The maximum absolute atomic E-state index is 5.73. The van der Waals surface area contributed by atoms with Gasteiger partial charge in [0.05, 0.1) is 15.4 Å². The van der Waals surface area contributed by atoms with Gasteiger partial charge in [0.15, 0.2) is 6.61 Å².